The van der Waals surface area contributed by atoms with E-state index in [-0.39, 0.29) is 0 Å². The van der Waals surface area contributed by atoms with Gasteiger partial charge in [-0.15, -0.1) is 0 Å². The lowest BCUT2D eigenvalue weighted by Gasteiger charge is -2.21. The van der Waals surface area contributed by atoms with Crippen molar-refractivity contribution in [2.75, 3.05) is 6.54 Å². The van der Waals surface area contributed by atoms with E-state index in [1.807, 2.05) is 18.5 Å². The molecule has 0 bridgehead atoms. The van der Waals surface area contributed by atoms with Crippen molar-refractivity contribution in [3.8, 4) is 0 Å². The second-order valence-corrected chi connectivity index (χ2v) is 7.05. The number of pyridine rings is 1. The van der Waals surface area contributed by atoms with E-state index < -0.39 is 0 Å². The van der Waals surface area contributed by atoms with Crippen LogP contribution >= 0.6 is 0 Å². The average molecular weight is 260 g/mol. The summed E-state index contributed by atoms with van der Waals surface area (Å²) in [5.41, 5.74) is 2.20. The summed E-state index contributed by atoms with van der Waals surface area (Å²) in [4.78, 5) is 4.24. The standard InChI is InChI=1S/C17H28N2/c1-6-9-19-14(11-13-8-7-10-18-12-13)15-16(2,3)17(15,4)5/h7-8,10,12,14-15,19H,6,9,11H2,1-5H3. The van der Waals surface area contributed by atoms with E-state index in [1.54, 1.807) is 0 Å². The Kier molecular flexibility index (Phi) is 4.00. The maximum Gasteiger partial charge on any atom is 0.0300 e. The molecule has 0 radical (unpaired) electrons. The van der Waals surface area contributed by atoms with Gasteiger partial charge in [0.25, 0.3) is 0 Å². The number of aromatic nitrogens is 1. The van der Waals surface area contributed by atoms with Gasteiger partial charge >= 0.3 is 0 Å². The Morgan fingerprint density at radius 2 is 1.95 bits per heavy atom. The first-order valence-electron chi connectivity index (χ1n) is 7.53. The van der Waals surface area contributed by atoms with Crippen LogP contribution in [0.3, 0.4) is 0 Å². The highest BCUT2D eigenvalue weighted by Gasteiger charge is 2.66. The third-order valence-electron chi connectivity index (χ3n) is 5.37. The summed E-state index contributed by atoms with van der Waals surface area (Å²) in [6.45, 7) is 13.0. The molecule has 1 aliphatic carbocycles. The molecular weight excluding hydrogens is 232 g/mol. The fourth-order valence-corrected chi connectivity index (χ4v) is 3.66. The molecule has 2 nitrogen and oxygen atoms in total. The van der Waals surface area contributed by atoms with Gasteiger partial charge in [-0.25, -0.2) is 0 Å². The van der Waals surface area contributed by atoms with Crippen molar-refractivity contribution in [2.45, 2.75) is 53.5 Å². The Bertz CT molecular complexity index is 395. The lowest BCUT2D eigenvalue weighted by molar-refractivity contribution is 0.395. The van der Waals surface area contributed by atoms with Crippen molar-refractivity contribution in [1.29, 1.82) is 0 Å². The van der Waals surface area contributed by atoms with Crippen LogP contribution in [-0.4, -0.2) is 17.6 Å². The Hall–Kier alpha value is -0.890. The second-order valence-electron chi connectivity index (χ2n) is 7.05. The fraction of sp³-hybridized carbons (Fsp3) is 0.706. The molecule has 1 fully saturated rings. The second kappa shape index (κ2) is 5.24. The first-order valence-corrected chi connectivity index (χ1v) is 7.53. The molecule has 2 heteroatoms. The van der Waals surface area contributed by atoms with Gasteiger partial charge < -0.3 is 5.32 Å². The van der Waals surface area contributed by atoms with Crippen LogP contribution in [0, 0.1) is 16.7 Å². The SMILES string of the molecule is CCCNC(Cc1cccnc1)C1C(C)(C)C1(C)C. The molecule has 0 amide bonds. The maximum atomic E-state index is 4.24. The molecule has 1 heterocycles. The lowest BCUT2D eigenvalue weighted by atomic mass is 9.97. The Labute approximate surface area is 118 Å². The van der Waals surface area contributed by atoms with Crippen molar-refractivity contribution in [3.05, 3.63) is 30.1 Å². The van der Waals surface area contributed by atoms with Gasteiger partial charge in [0.05, 0.1) is 0 Å². The molecule has 19 heavy (non-hydrogen) atoms. The van der Waals surface area contributed by atoms with E-state index >= 15 is 0 Å². The molecule has 1 aliphatic rings. The summed E-state index contributed by atoms with van der Waals surface area (Å²) in [7, 11) is 0. The van der Waals surface area contributed by atoms with Crippen LogP contribution in [0.4, 0.5) is 0 Å². The minimum Gasteiger partial charge on any atom is -0.313 e. The molecule has 0 saturated heterocycles. The Morgan fingerprint density at radius 1 is 1.26 bits per heavy atom. The molecule has 0 aliphatic heterocycles. The van der Waals surface area contributed by atoms with Crippen molar-refractivity contribution >= 4 is 0 Å². The molecule has 1 unspecified atom stereocenters. The molecule has 1 aromatic heterocycles. The smallest absolute Gasteiger partial charge is 0.0300 e. The van der Waals surface area contributed by atoms with Gasteiger partial charge in [0.1, 0.15) is 0 Å². The zero-order valence-corrected chi connectivity index (χ0v) is 13.0. The minimum atomic E-state index is 0.431. The summed E-state index contributed by atoms with van der Waals surface area (Å²) in [5.74, 6) is 0.742. The van der Waals surface area contributed by atoms with Gasteiger partial charge in [-0.05, 0) is 47.8 Å². The third kappa shape index (κ3) is 2.69. The van der Waals surface area contributed by atoms with Crippen LogP contribution in [0.15, 0.2) is 24.5 Å². The van der Waals surface area contributed by atoms with E-state index in [9.17, 15) is 0 Å². The summed E-state index contributed by atoms with van der Waals surface area (Å²) < 4.78 is 0. The molecule has 1 aromatic rings. The summed E-state index contributed by atoms with van der Waals surface area (Å²) in [6, 6.07) is 4.79. The number of hydrogen-bond acceptors (Lipinski definition) is 2. The van der Waals surface area contributed by atoms with E-state index in [2.05, 4.69) is 51.0 Å². The quantitative estimate of drug-likeness (QED) is 0.844. The van der Waals surface area contributed by atoms with Crippen LogP contribution < -0.4 is 5.32 Å². The fourth-order valence-electron chi connectivity index (χ4n) is 3.66. The third-order valence-corrected chi connectivity index (χ3v) is 5.37. The predicted molar refractivity (Wildman–Crippen MR) is 81.1 cm³/mol. The van der Waals surface area contributed by atoms with Gasteiger partial charge in [-0.2, -0.15) is 0 Å². The average Bonchev–Trinajstić information content (AvgIpc) is 2.77. The molecule has 106 valence electrons. The van der Waals surface area contributed by atoms with Crippen LogP contribution in [0.1, 0.15) is 46.6 Å². The Balaban J connectivity index is 2.10. The first-order chi connectivity index (χ1) is 8.91. The van der Waals surface area contributed by atoms with E-state index in [4.69, 9.17) is 0 Å². The van der Waals surface area contributed by atoms with Crippen molar-refractivity contribution in [1.82, 2.24) is 10.3 Å². The number of nitrogens with zero attached hydrogens (tertiary/aromatic N) is 1. The molecule has 2 rings (SSSR count). The summed E-state index contributed by atoms with van der Waals surface area (Å²) in [5, 5.41) is 3.76. The number of hydrogen-bond donors (Lipinski definition) is 1. The summed E-state index contributed by atoms with van der Waals surface area (Å²) in [6.07, 6.45) is 6.13. The van der Waals surface area contributed by atoms with Gasteiger partial charge in [-0.1, -0.05) is 40.7 Å². The molecule has 0 spiro atoms. The first kappa shape index (κ1) is 14.5. The number of nitrogens with one attached hydrogen (secondary N) is 1. The van der Waals surface area contributed by atoms with E-state index in [1.165, 1.54) is 12.0 Å². The van der Waals surface area contributed by atoms with Crippen LogP contribution in [-0.2, 0) is 6.42 Å². The molecule has 1 N–H and O–H groups in total. The van der Waals surface area contributed by atoms with Crippen molar-refractivity contribution in [2.24, 2.45) is 16.7 Å². The van der Waals surface area contributed by atoms with Crippen molar-refractivity contribution in [3.63, 3.8) is 0 Å². The highest BCUT2D eigenvalue weighted by molar-refractivity contribution is 5.20. The Morgan fingerprint density at radius 3 is 2.42 bits per heavy atom. The van der Waals surface area contributed by atoms with Crippen LogP contribution in [0.2, 0.25) is 0 Å². The van der Waals surface area contributed by atoms with Crippen LogP contribution in [0.25, 0.3) is 0 Å². The van der Waals surface area contributed by atoms with Crippen LogP contribution in [0.5, 0.6) is 0 Å². The monoisotopic (exact) mass is 260 g/mol. The maximum absolute atomic E-state index is 4.24. The molecule has 1 saturated carbocycles. The highest BCUT2D eigenvalue weighted by atomic mass is 15.0. The van der Waals surface area contributed by atoms with E-state index in [0.717, 1.165) is 18.9 Å². The topological polar surface area (TPSA) is 24.9 Å². The normalized spacial score (nSPS) is 22.2. The lowest BCUT2D eigenvalue weighted by Crippen LogP contribution is -2.36. The summed E-state index contributed by atoms with van der Waals surface area (Å²) >= 11 is 0. The van der Waals surface area contributed by atoms with Gasteiger partial charge in [0.15, 0.2) is 0 Å². The molecular formula is C17H28N2. The van der Waals surface area contributed by atoms with Crippen molar-refractivity contribution < 1.29 is 0 Å². The van der Waals surface area contributed by atoms with E-state index in [0.29, 0.717) is 16.9 Å². The largest absolute Gasteiger partial charge is 0.313 e. The zero-order chi connectivity index (χ0) is 14.1. The van der Waals surface area contributed by atoms with Gasteiger partial charge in [0, 0.05) is 18.4 Å². The molecule has 0 aromatic carbocycles. The zero-order valence-electron chi connectivity index (χ0n) is 13.0. The molecule has 1 atom stereocenters. The predicted octanol–water partition coefficient (Wildman–Crippen LogP) is 3.67. The van der Waals surface area contributed by atoms with Gasteiger partial charge in [0.2, 0.25) is 0 Å². The van der Waals surface area contributed by atoms with Gasteiger partial charge in [-0.3, -0.25) is 4.98 Å². The number of rotatable bonds is 6. The highest BCUT2D eigenvalue weighted by Crippen LogP contribution is 2.69. The minimum absolute atomic E-state index is 0.431.